The van der Waals surface area contributed by atoms with Crippen LogP contribution in [0.15, 0.2) is 12.4 Å². The quantitative estimate of drug-likeness (QED) is 0.875. The Kier molecular flexibility index (Phi) is 5.68. The maximum atomic E-state index is 12.2. The third-order valence-corrected chi connectivity index (χ3v) is 4.86. The second kappa shape index (κ2) is 7.34. The second-order valence-electron chi connectivity index (χ2n) is 7.72. The highest BCUT2D eigenvalue weighted by atomic mass is 16.2. The maximum Gasteiger partial charge on any atom is 0.315 e. The van der Waals surface area contributed by atoms with Crippen molar-refractivity contribution < 1.29 is 4.79 Å². The third-order valence-electron chi connectivity index (χ3n) is 4.86. The number of amides is 2. The van der Waals surface area contributed by atoms with Gasteiger partial charge in [-0.3, -0.25) is 4.68 Å². The molecule has 2 amide bonds. The van der Waals surface area contributed by atoms with Crippen molar-refractivity contribution in [2.24, 2.45) is 12.5 Å². The summed E-state index contributed by atoms with van der Waals surface area (Å²) in [5.74, 6) is 0. The summed E-state index contributed by atoms with van der Waals surface area (Å²) in [6.07, 6.45) is 8.34. The zero-order valence-electron chi connectivity index (χ0n) is 15.1. The van der Waals surface area contributed by atoms with Crippen molar-refractivity contribution in [2.75, 3.05) is 20.6 Å². The third kappa shape index (κ3) is 5.23. The van der Waals surface area contributed by atoms with E-state index in [0.29, 0.717) is 18.0 Å². The SMILES string of the molecule is CN(C)[C@@H](CNC(=O)NC1CCC(C)(C)CC1)c1cnn(C)c1. The van der Waals surface area contributed by atoms with Gasteiger partial charge in [0.15, 0.2) is 0 Å². The van der Waals surface area contributed by atoms with E-state index in [1.54, 1.807) is 4.68 Å². The molecule has 0 bridgehead atoms. The van der Waals surface area contributed by atoms with Gasteiger partial charge >= 0.3 is 6.03 Å². The average Bonchev–Trinajstić information content (AvgIpc) is 2.87. The van der Waals surface area contributed by atoms with Crippen molar-refractivity contribution in [3.63, 3.8) is 0 Å². The van der Waals surface area contributed by atoms with E-state index in [1.165, 1.54) is 12.8 Å². The fourth-order valence-corrected chi connectivity index (χ4v) is 3.18. The van der Waals surface area contributed by atoms with E-state index in [9.17, 15) is 4.79 Å². The van der Waals surface area contributed by atoms with Gasteiger partial charge in [0.2, 0.25) is 0 Å². The Bertz CT molecular complexity index is 513. The Morgan fingerprint density at radius 2 is 2.09 bits per heavy atom. The van der Waals surface area contributed by atoms with Crippen molar-refractivity contribution in [1.29, 1.82) is 0 Å². The van der Waals surface area contributed by atoms with Crippen molar-refractivity contribution in [3.05, 3.63) is 18.0 Å². The predicted molar refractivity (Wildman–Crippen MR) is 92.2 cm³/mol. The zero-order chi connectivity index (χ0) is 17.0. The van der Waals surface area contributed by atoms with Gasteiger partial charge in [-0.15, -0.1) is 0 Å². The second-order valence-corrected chi connectivity index (χ2v) is 7.72. The molecule has 6 heteroatoms. The molecule has 1 saturated carbocycles. The number of carbonyl (C=O) groups is 1. The van der Waals surface area contributed by atoms with Crippen LogP contribution in [-0.4, -0.2) is 47.4 Å². The van der Waals surface area contributed by atoms with Gasteiger partial charge in [-0.05, 0) is 45.2 Å². The Labute approximate surface area is 139 Å². The van der Waals surface area contributed by atoms with Crippen molar-refractivity contribution in [1.82, 2.24) is 25.3 Å². The van der Waals surface area contributed by atoms with Gasteiger partial charge < -0.3 is 15.5 Å². The van der Waals surface area contributed by atoms with E-state index in [2.05, 4.69) is 34.5 Å². The summed E-state index contributed by atoms with van der Waals surface area (Å²) in [5.41, 5.74) is 1.53. The van der Waals surface area contributed by atoms with Crippen LogP contribution < -0.4 is 10.6 Å². The minimum absolute atomic E-state index is 0.0644. The molecular weight excluding hydrogens is 290 g/mol. The van der Waals surface area contributed by atoms with Crippen LogP contribution in [0, 0.1) is 5.41 Å². The molecule has 0 spiro atoms. The summed E-state index contributed by atoms with van der Waals surface area (Å²) in [7, 11) is 5.93. The topological polar surface area (TPSA) is 62.2 Å². The minimum atomic E-state index is -0.0644. The molecule has 0 unspecified atom stereocenters. The molecule has 2 rings (SSSR count). The first-order chi connectivity index (χ1) is 10.8. The lowest BCUT2D eigenvalue weighted by Gasteiger charge is -2.34. The first kappa shape index (κ1) is 17.8. The number of urea groups is 1. The molecule has 0 aromatic carbocycles. The minimum Gasteiger partial charge on any atom is -0.336 e. The lowest BCUT2D eigenvalue weighted by Crippen LogP contribution is -2.46. The highest BCUT2D eigenvalue weighted by Gasteiger charge is 2.27. The molecular formula is C17H31N5O. The van der Waals surface area contributed by atoms with Gasteiger partial charge in [-0.25, -0.2) is 4.79 Å². The molecule has 6 nitrogen and oxygen atoms in total. The molecule has 1 aliphatic rings. The van der Waals surface area contributed by atoms with E-state index < -0.39 is 0 Å². The van der Waals surface area contributed by atoms with Gasteiger partial charge in [-0.2, -0.15) is 5.10 Å². The largest absolute Gasteiger partial charge is 0.336 e. The van der Waals surface area contributed by atoms with Crippen LogP contribution in [0.4, 0.5) is 4.79 Å². The Hall–Kier alpha value is -1.56. The molecule has 0 saturated heterocycles. The van der Waals surface area contributed by atoms with Crippen LogP contribution in [0.5, 0.6) is 0 Å². The van der Waals surface area contributed by atoms with E-state index in [1.807, 2.05) is 33.5 Å². The number of hydrogen-bond acceptors (Lipinski definition) is 3. The fourth-order valence-electron chi connectivity index (χ4n) is 3.18. The Morgan fingerprint density at radius 3 is 2.61 bits per heavy atom. The summed E-state index contributed by atoms with van der Waals surface area (Å²) in [6, 6.07) is 0.365. The molecule has 1 aromatic rings. The first-order valence-corrected chi connectivity index (χ1v) is 8.46. The average molecular weight is 321 g/mol. The van der Waals surface area contributed by atoms with Gasteiger partial charge in [0.05, 0.1) is 12.2 Å². The lowest BCUT2D eigenvalue weighted by molar-refractivity contribution is 0.195. The molecule has 130 valence electrons. The molecule has 1 aliphatic carbocycles. The number of hydrogen-bond donors (Lipinski definition) is 2. The van der Waals surface area contributed by atoms with Crippen LogP contribution >= 0.6 is 0 Å². The fraction of sp³-hybridized carbons (Fsp3) is 0.765. The summed E-state index contributed by atoms with van der Waals surface area (Å²) >= 11 is 0. The van der Waals surface area contributed by atoms with E-state index in [-0.39, 0.29) is 12.1 Å². The molecule has 0 radical (unpaired) electrons. The number of rotatable bonds is 5. The Morgan fingerprint density at radius 1 is 1.43 bits per heavy atom. The van der Waals surface area contributed by atoms with Crippen LogP contribution in [0.3, 0.4) is 0 Å². The van der Waals surface area contributed by atoms with Gasteiger partial charge in [-0.1, -0.05) is 13.8 Å². The lowest BCUT2D eigenvalue weighted by atomic mass is 9.76. The van der Waals surface area contributed by atoms with E-state index in [4.69, 9.17) is 0 Å². The number of aryl methyl sites for hydroxylation is 1. The summed E-state index contributed by atoms with van der Waals surface area (Å²) in [6.45, 7) is 5.18. The van der Waals surface area contributed by atoms with Gasteiger partial charge in [0, 0.05) is 31.4 Å². The molecule has 0 aliphatic heterocycles. The molecule has 1 fully saturated rings. The molecule has 1 aromatic heterocycles. The van der Waals surface area contributed by atoms with Crippen LogP contribution in [0.25, 0.3) is 0 Å². The molecule has 1 heterocycles. The monoisotopic (exact) mass is 321 g/mol. The molecule has 1 atom stereocenters. The number of nitrogens with zero attached hydrogens (tertiary/aromatic N) is 3. The van der Waals surface area contributed by atoms with Gasteiger partial charge in [0.1, 0.15) is 0 Å². The number of carbonyl (C=O) groups excluding carboxylic acids is 1. The highest BCUT2D eigenvalue weighted by molar-refractivity contribution is 5.74. The van der Waals surface area contributed by atoms with Crippen LogP contribution in [-0.2, 0) is 7.05 Å². The van der Waals surface area contributed by atoms with Crippen molar-refractivity contribution in [3.8, 4) is 0 Å². The highest BCUT2D eigenvalue weighted by Crippen LogP contribution is 2.34. The number of nitrogens with one attached hydrogen (secondary N) is 2. The predicted octanol–water partition coefficient (Wildman–Crippen LogP) is 2.29. The smallest absolute Gasteiger partial charge is 0.315 e. The van der Waals surface area contributed by atoms with E-state index >= 15 is 0 Å². The van der Waals surface area contributed by atoms with Crippen LogP contribution in [0.2, 0.25) is 0 Å². The van der Waals surface area contributed by atoms with Crippen molar-refractivity contribution in [2.45, 2.75) is 51.6 Å². The number of aromatic nitrogens is 2. The van der Waals surface area contributed by atoms with Crippen LogP contribution in [0.1, 0.15) is 51.1 Å². The number of likely N-dealkylation sites (N-methyl/N-ethyl adjacent to an activating group) is 1. The zero-order valence-corrected chi connectivity index (χ0v) is 15.1. The first-order valence-electron chi connectivity index (χ1n) is 8.46. The maximum absolute atomic E-state index is 12.2. The summed E-state index contributed by atoms with van der Waals surface area (Å²) < 4.78 is 1.79. The van der Waals surface area contributed by atoms with Crippen molar-refractivity contribution >= 4 is 6.03 Å². The standard InChI is InChI=1S/C17H31N5O/c1-17(2)8-6-14(7-9-17)20-16(23)18-11-15(21(3)4)13-10-19-22(5)12-13/h10,12,14-15H,6-9,11H2,1-5H3,(H2,18,20,23)/t15-/m0/s1. The van der Waals surface area contributed by atoms with Gasteiger partial charge in [0.25, 0.3) is 0 Å². The molecule has 2 N–H and O–H groups in total. The Balaban J connectivity index is 1.80. The summed E-state index contributed by atoms with van der Waals surface area (Å²) in [4.78, 5) is 14.3. The summed E-state index contributed by atoms with van der Waals surface area (Å²) in [5, 5.41) is 10.3. The van der Waals surface area contributed by atoms with E-state index in [0.717, 1.165) is 18.4 Å². The normalized spacial score (nSPS) is 19.6. The molecule has 23 heavy (non-hydrogen) atoms.